The minimum Gasteiger partial charge on any atom is -0.480 e. The van der Waals surface area contributed by atoms with Gasteiger partial charge in [-0.05, 0) is 58.9 Å². The van der Waals surface area contributed by atoms with E-state index in [1.165, 1.54) is 19.1 Å². The molecule has 10 heteroatoms. The number of para-hydroxylation sites is 1. The Morgan fingerprint density at radius 2 is 1.66 bits per heavy atom. The third kappa shape index (κ3) is 8.34. The van der Waals surface area contributed by atoms with Crippen LogP contribution in [0.2, 0.25) is 0 Å². The van der Waals surface area contributed by atoms with Gasteiger partial charge in [0.1, 0.15) is 6.04 Å². The summed E-state index contributed by atoms with van der Waals surface area (Å²) in [4.78, 5) is 23.0. The highest BCUT2D eigenvalue weighted by Gasteiger charge is 2.33. The molecular weight excluding hydrogens is 468 g/mol. The number of rotatable bonds is 6. The molecule has 3 rings (SSSR count). The van der Waals surface area contributed by atoms with Crippen molar-refractivity contribution in [3.8, 4) is 0 Å². The molecule has 192 valence electrons. The number of carboxylic acids is 1. The molecule has 9 nitrogen and oxygen atoms in total. The van der Waals surface area contributed by atoms with Crippen LogP contribution in [0.5, 0.6) is 0 Å². The SMILES string of the molecule is CC(C)(C)NC(=O)[C@@H]1CNCCN1.Cc1ccc(S(=O)(=O)N(c2ccccc2)C(C)C(=O)O)cc1. The molecule has 0 bridgehead atoms. The molecule has 4 N–H and O–H groups in total. The summed E-state index contributed by atoms with van der Waals surface area (Å²) in [5.74, 6) is -1.13. The van der Waals surface area contributed by atoms with E-state index >= 15 is 0 Å². The molecule has 0 aromatic heterocycles. The van der Waals surface area contributed by atoms with Gasteiger partial charge in [0, 0.05) is 25.2 Å². The van der Waals surface area contributed by atoms with Crippen molar-refractivity contribution in [2.75, 3.05) is 23.9 Å². The molecule has 35 heavy (non-hydrogen) atoms. The summed E-state index contributed by atoms with van der Waals surface area (Å²) < 4.78 is 26.6. The first-order valence-corrected chi connectivity index (χ1v) is 12.9. The quantitative estimate of drug-likeness (QED) is 0.474. The van der Waals surface area contributed by atoms with Gasteiger partial charge in [-0.1, -0.05) is 35.9 Å². The van der Waals surface area contributed by atoms with E-state index in [0.717, 1.165) is 29.5 Å². The van der Waals surface area contributed by atoms with Crippen molar-refractivity contribution in [1.29, 1.82) is 0 Å². The van der Waals surface area contributed by atoms with E-state index in [9.17, 15) is 23.1 Å². The van der Waals surface area contributed by atoms with Gasteiger partial charge in [-0.3, -0.25) is 9.10 Å². The Labute approximate surface area is 208 Å². The van der Waals surface area contributed by atoms with Crippen LogP contribution in [0.3, 0.4) is 0 Å². The molecule has 1 heterocycles. The summed E-state index contributed by atoms with van der Waals surface area (Å²) in [7, 11) is -3.96. The predicted octanol–water partition coefficient (Wildman–Crippen LogP) is 2.13. The van der Waals surface area contributed by atoms with E-state index in [4.69, 9.17) is 0 Å². The normalized spacial score (nSPS) is 16.9. The first-order chi connectivity index (χ1) is 16.3. The number of hydrogen-bond acceptors (Lipinski definition) is 6. The van der Waals surface area contributed by atoms with Crippen molar-refractivity contribution in [1.82, 2.24) is 16.0 Å². The van der Waals surface area contributed by atoms with Gasteiger partial charge < -0.3 is 21.1 Å². The number of sulfonamides is 1. The van der Waals surface area contributed by atoms with E-state index in [1.54, 1.807) is 42.5 Å². The Bertz CT molecular complexity index is 1080. The highest BCUT2D eigenvalue weighted by Crippen LogP contribution is 2.26. The summed E-state index contributed by atoms with van der Waals surface area (Å²) >= 11 is 0. The van der Waals surface area contributed by atoms with E-state index in [-0.39, 0.29) is 22.4 Å². The highest BCUT2D eigenvalue weighted by atomic mass is 32.2. The van der Waals surface area contributed by atoms with Crippen LogP contribution in [0.4, 0.5) is 5.69 Å². The van der Waals surface area contributed by atoms with E-state index < -0.39 is 22.0 Å². The van der Waals surface area contributed by atoms with E-state index in [0.29, 0.717) is 5.69 Å². The Hall–Kier alpha value is -2.95. The smallest absolute Gasteiger partial charge is 0.327 e. The Morgan fingerprint density at radius 1 is 1.06 bits per heavy atom. The number of piperazine rings is 1. The monoisotopic (exact) mass is 504 g/mol. The van der Waals surface area contributed by atoms with Crippen molar-refractivity contribution >= 4 is 27.6 Å². The molecule has 1 amide bonds. The maximum absolute atomic E-state index is 12.9. The lowest BCUT2D eigenvalue weighted by Gasteiger charge is -2.28. The van der Waals surface area contributed by atoms with Gasteiger partial charge >= 0.3 is 5.97 Å². The topological polar surface area (TPSA) is 128 Å². The molecule has 1 saturated heterocycles. The van der Waals surface area contributed by atoms with Crippen molar-refractivity contribution in [3.05, 3.63) is 60.2 Å². The third-order valence-electron chi connectivity index (χ3n) is 5.15. The van der Waals surface area contributed by atoms with Gasteiger partial charge in [-0.2, -0.15) is 0 Å². The lowest BCUT2D eigenvalue weighted by atomic mass is 10.1. The summed E-state index contributed by atoms with van der Waals surface area (Å²) in [6.45, 7) is 11.7. The zero-order valence-corrected chi connectivity index (χ0v) is 21.7. The second kappa shape index (κ2) is 12.1. The van der Waals surface area contributed by atoms with E-state index in [2.05, 4.69) is 16.0 Å². The number of carbonyl (C=O) groups excluding carboxylic acids is 1. The number of carbonyl (C=O) groups is 2. The molecule has 0 saturated carbocycles. The minimum absolute atomic E-state index is 0.0649. The number of carboxylic acid groups (broad SMARTS) is 1. The van der Waals surface area contributed by atoms with Gasteiger partial charge in [0.05, 0.1) is 16.6 Å². The first kappa shape index (κ1) is 28.3. The van der Waals surface area contributed by atoms with Crippen LogP contribution < -0.4 is 20.3 Å². The van der Waals surface area contributed by atoms with Crippen molar-refractivity contribution in [2.24, 2.45) is 0 Å². The molecule has 0 aliphatic carbocycles. The number of nitrogens with one attached hydrogen (secondary N) is 3. The van der Waals surface area contributed by atoms with Crippen LogP contribution in [0.15, 0.2) is 59.5 Å². The zero-order valence-electron chi connectivity index (χ0n) is 20.9. The molecule has 1 aliphatic rings. The fraction of sp³-hybridized carbons (Fsp3) is 0.440. The fourth-order valence-corrected chi connectivity index (χ4v) is 4.98. The lowest BCUT2D eigenvalue weighted by Crippen LogP contribution is -2.58. The number of benzene rings is 2. The number of nitrogens with zero attached hydrogens (tertiary/aromatic N) is 1. The number of hydrogen-bond donors (Lipinski definition) is 4. The molecule has 1 fully saturated rings. The molecular formula is C25H36N4O5S. The molecule has 0 spiro atoms. The maximum atomic E-state index is 12.9. The highest BCUT2D eigenvalue weighted by molar-refractivity contribution is 7.92. The molecule has 0 radical (unpaired) electrons. The number of aryl methyl sites for hydroxylation is 1. The van der Waals surface area contributed by atoms with Gasteiger partial charge in [0.2, 0.25) is 5.91 Å². The fourth-order valence-electron chi connectivity index (χ4n) is 3.37. The zero-order chi connectivity index (χ0) is 26.2. The van der Waals surface area contributed by atoms with Crippen LogP contribution in [-0.2, 0) is 19.6 Å². The second-order valence-electron chi connectivity index (χ2n) is 9.41. The van der Waals surface area contributed by atoms with Gasteiger partial charge in [0.25, 0.3) is 10.0 Å². The van der Waals surface area contributed by atoms with Crippen LogP contribution in [0.1, 0.15) is 33.3 Å². The number of aliphatic carboxylic acids is 1. The average molecular weight is 505 g/mol. The van der Waals surface area contributed by atoms with Crippen molar-refractivity contribution < 1.29 is 23.1 Å². The first-order valence-electron chi connectivity index (χ1n) is 11.5. The molecule has 2 atom stereocenters. The summed E-state index contributed by atoms with van der Waals surface area (Å²) in [6, 6.07) is 13.3. The van der Waals surface area contributed by atoms with Crippen LogP contribution in [0, 0.1) is 6.92 Å². The average Bonchev–Trinajstić information content (AvgIpc) is 2.80. The summed E-state index contributed by atoms with van der Waals surface area (Å²) in [6.07, 6.45) is 0. The van der Waals surface area contributed by atoms with Gasteiger partial charge in [-0.15, -0.1) is 0 Å². The molecule has 1 unspecified atom stereocenters. The van der Waals surface area contributed by atoms with Crippen molar-refractivity contribution in [3.63, 3.8) is 0 Å². The van der Waals surface area contributed by atoms with E-state index in [1.807, 2.05) is 27.7 Å². The Kier molecular flexibility index (Phi) is 9.82. The summed E-state index contributed by atoms with van der Waals surface area (Å²) in [5.41, 5.74) is 1.10. The summed E-state index contributed by atoms with van der Waals surface area (Å²) in [5, 5.41) is 18.6. The Morgan fingerprint density at radius 3 is 2.14 bits per heavy atom. The van der Waals surface area contributed by atoms with Crippen LogP contribution >= 0.6 is 0 Å². The lowest BCUT2D eigenvalue weighted by molar-refractivity contribution is -0.137. The Balaban J connectivity index is 0.000000283. The second-order valence-corrected chi connectivity index (χ2v) is 11.2. The standard InChI is InChI=1S/C16H17NO4S.C9H19N3O/c1-12-8-10-15(11-9-12)22(20,21)17(13(2)16(18)19)14-6-4-3-5-7-14;1-9(2,3)12-8(13)7-6-10-4-5-11-7/h3-11,13H,1-2H3,(H,18,19);7,10-11H,4-6H2,1-3H3,(H,12,13)/t;7-/m.0/s1. The minimum atomic E-state index is -3.96. The molecule has 1 aliphatic heterocycles. The molecule has 2 aromatic carbocycles. The largest absolute Gasteiger partial charge is 0.480 e. The molecule has 2 aromatic rings. The van der Waals surface area contributed by atoms with Crippen LogP contribution in [0.25, 0.3) is 0 Å². The number of amides is 1. The third-order valence-corrected chi connectivity index (χ3v) is 7.07. The predicted molar refractivity (Wildman–Crippen MR) is 137 cm³/mol. The van der Waals surface area contributed by atoms with Crippen molar-refractivity contribution in [2.45, 2.75) is 57.1 Å². The number of anilines is 1. The maximum Gasteiger partial charge on any atom is 0.327 e. The van der Waals surface area contributed by atoms with Gasteiger partial charge in [0.15, 0.2) is 0 Å². The van der Waals surface area contributed by atoms with Crippen LogP contribution in [-0.4, -0.2) is 62.7 Å². The van der Waals surface area contributed by atoms with Gasteiger partial charge in [-0.25, -0.2) is 13.2 Å².